The summed E-state index contributed by atoms with van der Waals surface area (Å²) < 4.78 is 7.20. The zero-order valence-electron chi connectivity index (χ0n) is 12.1. The van der Waals surface area contributed by atoms with Crippen LogP contribution in [-0.2, 0) is 12.6 Å². The van der Waals surface area contributed by atoms with E-state index in [2.05, 4.69) is 15.2 Å². The normalized spacial score (nSPS) is 18.9. The number of aromatic nitrogens is 4. The number of rotatable bonds is 2. The van der Waals surface area contributed by atoms with Gasteiger partial charge in [0.15, 0.2) is 5.82 Å². The lowest BCUT2D eigenvalue weighted by molar-refractivity contribution is 0.334. The van der Waals surface area contributed by atoms with Crippen molar-refractivity contribution in [3.8, 4) is 11.5 Å². The Morgan fingerprint density at radius 1 is 1.25 bits per heavy atom. The quantitative estimate of drug-likeness (QED) is 0.850. The zero-order chi connectivity index (χ0) is 14.2. The van der Waals surface area contributed by atoms with Gasteiger partial charge in [0.25, 0.3) is 5.89 Å². The first kappa shape index (κ1) is 13.3. The number of nitrogens with zero attached hydrogens (tertiary/aromatic N) is 4. The summed E-state index contributed by atoms with van der Waals surface area (Å²) in [4.78, 5) is 4.54. The van der Waals surface area contributed by atoms with Gasteiger partial charge in [0.1, 0.15) is 0 Å². The van der Waals surface area contributed by atoms with E-state index >= 15 is 0 Å². The Morgan fingerprint density at radius 3 is 2.55 bits per heavy atom. The van der Waals surface area contributed by atoms with Crippen molar-refractivity contribution in [1.82, 2.24) is 19.9 Å². The molecule has 1 aliphatic rings. The molecule has 0 atom stereocenters. The highest BCUT2D eigenvalue weighted by Gasteiger charge is 2.33. The molecular weight excluding hydrogens is 254 g/mol. The Bertz CT molecular complexity index is 592. The van der Waals surface area contributed by atoms with E-state index in [0.29, 0.717) is 11.7 Å². The van der Waals surface area contributed by atoms with Crippen molar-refractivity contribution >= 4 is 0 Å². The van der Waals surface area contributed by atoms with E-state index in [1.54, 1.807) is 10.9 Å². The predicted octanol–water partition coefficient (Wildman–Crippen LogP) is 2.29. The van der Waals surface area contributed by atoms with E-state index in [0.717, 1.165) is 36.9 Å². The maximum absolute atomic E-state index is 6.51. The fourth-order valence-corrected chi connectivity index (χ4v) is 2.83. The number of hydrogen-bond donors (Lipinski definition) is 1. The minimum absolute atomic E-state index is 0.436. The van der Waals surface area contributed by atoms with Gasteiger partial charge < -0.3 is 10.3 Å². The molecule has 0 amide bonds. The standard InChI is InChI=1S/C14H21N5O/c1-10-11(9-16-19(10)2)12-17-13(18-20-12)14(15)7-5-3-4-6-8-14/h9H,3-8,15H2,1-2H3. The van der Waals surface area contributed by atoms with Gasteiger partial charge in [0, 0.05) is 12.7 Å². The second-order valence-corrected chi connectivity index (χ2v) is 5.76. The van der Waals surface area contributed by atoms with E-state index in [1.165, 1.54) is 12.8 Å². The van der Waals surface area contributed by atoms with Gasteiger partial charge in [-0.1, -0.05) is 30.8 Å². The summed E-state index contributed by atoms with van der Waals surface area (Å²) in [5, 5.41) is 8.34. The molecule has 2 N–H and O–H groups in total. The van der Waals surface area contributed by atoms with Gasteiger partial charge in [-0.05, 0) is 19.8 Å². The molecule has 0 radical (unpaired) electrons. The molecule has 2 heterocycles. The third-order valence-electron chi connectivity index (χ3n) is 4.33. The van der Waals surface area contributed by atoms with Crippen molar-refractivity contribution in [3.05, 3.63) is 17.7 Å². The van der Waals surface area contributed by atoms with Gasteiger partial charge in [0.2, 0.25) is 0 Å². The lowest BCUT2D eigenvalue weighted by Gasteiger charge is -2.23. The lowest BCUT2D eigenvalue weighted by atomic mass is 9.91. The topological polar surface area (TPSA) is 82.8 Å². The molecule has 1 aliphatic carbocycles. The summed E-state index contributed by atoms with van der Waals surface area (Å²) in [5.74, 6) is 1.15. The molecule has 2 aromatic heterocycles. The van der Waals surface area contributed by atoms with Crippen LogP contribution in [0.4, 0.5) is 0 Å². The van der Waals surface area contributed by atoms with Crippen LogP contribution in [0.5, 0.6) is 0 Å². The van der Waals surface area contributed by atoms with Crippen LogP contribution >= 0.6 is 0 Å². The molecular formula is C14H21N5O. The van der Waals surface area contributed by atoms with Crippen molar-refractivity contribution in [2.24, 2.45) is 12.8 Å². The minimum atomic E-state index is -0.436. The third-order valence-corrected chi connectivity index (χ3v) is 4.33. The molecule has 6 nitrogen and oxygen atoms in total. The average Bonchev–Trinajstić information content (AvgIpc) is 2.96. The summed E-state index contributed by atoms with van der Waals surface area (Å²) >= 11 is 0. The summed E-state index contributed by atoms with van der Waals surface area (Å²) in [6, 6.07) is 0. The highest BCUT2D eigenvalue weighted by Crippen LogP contribution is 2.33. The molecule has 1 fully saturated rings. The van der Waals surface area contributed by atoms with Crippen molar-refractivity contribution in [3.63, 3.8) is 0 Å². The highest BCUT2D eigenvalue weighted by atomic mass is 16.5. The van der Waals surface area contributed by atoms with Crippen LogP contribution in [0.1, 0.15) is 50.0 Å². The number of nitrogens with two attached hydrogens (primary N) is 1. The second kappa shape index (κ2) is 5.01. The van der Waals surface area contributed by atoms with Crippen LogP contribution < -0.4 is 5.73 Å². The molecule has 2 aromatic rings. The fraction of sp³-hybridized carbons (Fsp3) is 0.643. The summed E-state index contributed by atoms with van der Waals surface area (Å²) in [7, 11) is 1.89. The van der Waals surface area contributed by atoms with Crippen LogP contribution in [0.25, 0.3) is 11.5 Å². The SMILES string of the molecule is Cc1c(-c2nc(C3(N)CCCCCC3)no2)cnn1C. The molecule has 0 saturated heterocycles. The lowest BCUT2D eigenvalue weighted by Crippen LogP contribution is -2.37. The molecule has 0 aromatic carbocycles. The maximum atomic E-state index is 6.51. The Labute approximate surface area is 118 Å². The largest absolute Gasteiger partial charge is 0.334 e. The number of aryl methyl sites for hydroxylation is 1. The zero-order valence-corrected chi connectivity index (χ0v) is 12.1. The van der Waals surface area contributed by atoms with Gasteiger partial charge in [-0.25, -0.2) is 0 Å². The monoisotopic (exact) mass is 275 g/mol. The molecule has 0 aliphatic heterocycles. The molecule has 0 unspecified atom stereocenters. The molecule has 20 heavy (non-hydrogen) atoms. The highest BCUT2D eigenvalue weighted by molar-refractivity contribution is 5.54. The van der Waals surface area contributed by atoms with Crippen LogP contribution in [0.3, 0.4) is 0 Å². The Morgan fingerprint density at radius 2 is 1.95 bits per heavy atom. The molecule has 6 heteroatoms. The fourth-order valence-electron chi connectivity index (χ4n) is 2.83. The molecule has 3 rings (SSSR count). The van der Waals surface area contributed by atoms with Crippen molar-refractivity contribution in [2.75, 3.05) is 0 Å². The van der Waals surface area contributed by atoms with Gasteiger partial charge in [0.05, 0.1) is 17.3 Å². The van der Waals surface area contributed by atoms with E-state index in [-0.39, 0.29) is 0 Å². The van der Waals surface area contributed by atoms with Crippen molar-refractivity contribution in [1.29, 1.82) is 0 Å². The van der Waals surface area contributed by atoms with Crippen LogP contribution in [0, 0.1) is 6.92 Å². The van der Waals surface area contributed by atoms with E-state index < -0.39 is 5.54 Å². The van der Waals surface area contributed by atoms with Gasteiger partial charge >= 0.3 is 0 Å². The van der Waals surface area contributed by atoms with Crippen molar-refractivity contribution in [2.45, 2.75) is 51.0 Å². The third kappa shape index (κ3) is 2.24. The molecule has 108 valence electrons. The molecule has 0 bridgehead atoms. The second-order valence-electron chi connectivity index (χ2n) is 5.76. The van der Waals surface area contributed by atoms with Crippen LogP contribution in [0.2, 0.25) is 0 Å². The van der Waals surface area contributed by atoms with E-state index in [1.807, 2.05) is 14.0 Å². The smallest absolute Gasteiger partial charge is 0.261 e. The Hall–Kier alpha value is -1.69. The minimum Gasteiger partial charge on any atom is -0.334 e. The summed E-state index contributed by atoms with van der Waals surface area (Å²) in [5.41, 5.74) is 7.96. The van der Waals surface area contributed by atoms with Gasteiger partial charge in [-0.2, -0.15) is 10.1 Å². The first-order valence-corrected chi connectivity index (χ1v) is 7.22. The van der Waals surface area contributed by atoms with Crippen LogP contribution in [-0.4, -0.2) is 19.9 Å². The first-order chi connectivity index (χ1) is 9.60. The molecule has 1 saturated carbocycles. The van der Waals surface area contributed by atoms with Crippen molar-refractivity contribution < 1.29 is 4.52 Å². The summed E-state index contributed by atoms with van der Waals surface area (Å²) in [6.45, 7) is 1.98. The first-order valence-electron chi connectivity index (χ1n) is 7.22. The average molecular weight is 275 g/mol. The van der Waals surface area contributed by atoms with Crippen LogP contribution in [0.15, 0.2) is 10.7 Å². The maximum Gasteiger partial charge on any atom is 0.261 e. The Balaban J connectivity index is 1.91. The number of hydrogen-bond acceptors (Lipinski definition) is 5. The van der Waals surface area contributed by atoms with E-state index in [4.69, 9.17) is 10.3 Å². The van der Waals surface area contributed by atoms with Gasteiger partial charge in [-0.3, -0.25) is 4.68 Å². The Kier molecular flexibility index (Phi) is 3.33. The molecule has 0 spiro atoms. The summed E-state index contributed by atoms with van der Waals surface area (Å²) in [6.07, 6.45) is 8.36. The predicted molar refractivity (Wildman–Crippen MR) is 74.8 cm³/mol. The van der Waals surface area contributed by atoms with Gasteiger partial charge in [-0.15, -0.1) is 0 Å². The van der Waals surface area contributed by atoms with E-state index in [9.17, 15) is 0 Å².